The Kier molecular flexibility index (Phi) is 3.27. The maximum Gasteiger partial charge on any atom is 0.233 e. The number of aliphatic carboxylic acids is 1. The van der Waals surface area contributed by atoms with Crippen molar-refractivity contribution >= 4 is 28.3 Å². The summed E-state index contributed by atoms with van der Waals surface area (Å²) in [6.45, 7) is 1.94. The molecule has 0 aliphatic carbocycles. The Labute approximate surface area is 118 Å². The van der Waals surface area contributed by atoms with Gasteiger partial charge in [-0.25, -0.2) is 0 Å². The number of carboxylic acids is 1. The second-order valence-corrected chi connectivity index (χ2v) is 5.73. The summed E-state index contributed by atoms with van der Waals surface area (Å²) in [5.74, 6) is -3.43. The first-order valence-corrected chi connectivity index (χ1v) is 7.09. The molecule has 1 N–H and O–H groups in total. The molecule has 4 atom stereocenters. The largest absolute Gasteiger partial charge is 0.550 e. The zero-order valence-electron chi connectivity index (χ0n) is 10.6. The molecule has 3 rings (SSSR count). The van der Waals surface area contributed by atoms with Crippen molar-refractivity contribution in [3.63, 3.8) is 0 Å². The molecule has 0 saturated carbocycles. The van der Waals surface area contributed by atoms with Crippen molar-refractivity contribution in [2.75, 3.05) is 5.32 Å². The third-order valence-corrected chi connectivity index (χ3v) is 4.46. The van der Waals surface area contributed by atoms with Gasteiger partial charge in [0.15, 0.2) is 0 Å². The van der Waals surface area contributed by atoms with Gasteiger partial charge in [-0.2, -0.15) is 0 Å². The minimum absolute atomic E-state index is 0.371. The SMILES string of the molecule is CCc1nnc(NC(=O)C2C3C=CC(O3)C2C(=O)[O-])s1. The number of ether oxygens (including phenoxy) is 1. The maximum absolute atomic E-state index is 12.2. The van der Waals surface area contributed by atoms with E-state index >= 15 is 0 Å². The molecule has 0 aromatic carbocycles. The fourth-order valence-electron chi connectivity index (χ4n) is 2.54. The molecule has 106 valence electrons. The van der Waals surface area contributed by atoms with Crippen LogP contribution in [-0.4, -0.2) is 34.3 Å². The number of carbonyl (C=O) groups is 2. The molecule has 1 saturated heterocycles. The molecule has 2 aliphatic rings. The molecule has 3 heterocycles. The first-order chi connectivity index (χ1) is 9.60. The third-order valence-electron chi connectivity index (χ3n) is 3.47. The summed E-state index contributed by atoms with van der Waals surface area (Å²) < 4.78 is 5.42. The van der Waals surface area contributed by atoms with Crippen LogP contribution in [-0.2, 0) is 20.7 Å². The van der Waals surface area contributed by atoms with Crippen LogP contribution in [0.15, 0.2) is 12.2 Å². The predicted molar refractivity (Wildman–Crippen MR) is 67.7 cm³/mol. The number of hydrogen-bond acceptors (Lipinski definition) is 7. The van der Waals surface area contributed by atoms with Crippen LogP contribution in [0.4, 0.5) is 5.13 Å². The van der Waals surface area contributed by atoms with Crippen LogP contribution in [0.3, 0.4) is 0 Å². The summed E-state index contributed by atoms with van der Waals surface area (Å²) in [6, 6.07) is 0. The number of hydrogen-bond donors (Lipinski definition) is 1. The topological polar surface area (TPSA) is 104 Å². The van der Waals surface area contributed by atoms with Crippen molar-refractivity contribution in [2.45, 2.75) is 25.6 Å². The number of carbonyl (C=O) groups excluding carboxylic acids is 2. The quantitative estimate of drug-likeness (QED) is 0.741. The first-order valence-electron chi connectivity index (χ1n) is 6.28. The van der Waals surface area contributed by atoms with Crippen molar-refractivity contribution in [3.05, 3.63) is 17.2 Å². The summed E-state index contributed by atoms with van der Waals surface area (Å²) in [7, 11) is 0. The van der Waals surface area contributed by atoms with Crippen LogP contribution in [0.2, 0.25) is 0 Å². The third kappa shape index (κ3) is 2.10. The highest BCUT2D eigenvalue weighted by Crippen LogP contribution is 2.39. The van der Waals surface area contributed by atoms with E-state index in [1.807, 2.05) is 6.92 Å². The molecule has 1 aromatic heterocycles. The fraction of sp³-hybridized carbons (Fsp3) is 0.500. The molecule has 8 heteroatoms. The van der Waals surface area contributed by atoms with Gasteiger partial charge in [0.05, 0.1) is 18.1 Å². The predicted octanol–water partition coefficient (Wildman–Crippen LogP) is -0.642. The molecule has 0 spiro atoms. The number of amides is 1. The second-order valence-electron chi connectivity index (χ2n) is 4.66. The lowest BCUT2D eigenvalue weighted by Crippen LogP contribution is -2.45. The Morgan fingerprint density at radius 2 is 2.05 bits per heavy atom. The van der Waals surface area contributed by atoms with Crippen LogP contribution < -0.4 is 10.4 Å². The van der Waals surface area contributed by atoms with E-state index in [0.717, 1.165) is 11.4 Å². The van der Waals surface area contributed by atoms with Crippen LogP contribution in [0, 0.1) is 11.8 Å². The molecule has 2 bridgehead atoms. The van der Waals surface area contributed by atoms with E-state index in [1.54, 1.807) is 12.2 Å². The van der Waals surface area contributed by atoms with Crippen molar-refractivity contribution in [1.82, 2.24) is 10.2 Å². The molecule has 20 heavy (non-hydrogen) atoms. The lowest BCUT2D eigenvalue weighted by atomic mass is 9.82. The summed E-state index contributed by atoms with van der Waals surface area (Å²) in [6.07, 6.45) is 3.01. The van der Waals surface area contributed by atoms with Crippen LogP contribution >= 0.6 is 11.3 Å². The molecule has 1 fully saturated rings. The number of nitrogens with one attached hydrogen (secondary N) is 1. The van der Waals surface area contributed by atoms with E-state index in [-0.39, 0.29) is 0 Å². The van der Waals surface area contributed by atoms with Gasteiger partial charge in [-0.15, -0.1) is 10.2 Å². The zero-order valence-corrected chi connectivity index (χ0v) is 11.4. The van der Waals surface area contributed by atoms with E-state index in [4.69, 9.17) is 4.74 Å². The van der Waals surface area contributed by atoms with Gasteiger partial charge in [-0.3, -0.25) is 4.79 Å². The smallest absolute Gasteiger partial charge is 0.233 e. The van der Waals surface area contributed by atoms with E-state index in [2.05, 4.69) is 15.5 Å². The lowest BCUT2D eigenvalue weighted by Gasteiger charge is -2.24. The Hall–Kier alpha value is -1.80. The highest BCUT2D eigenvalue weighted by molar-refractivity contribution is 7.15. The van der Waals surface area contributed by atoms with Crippen molar-refractivity contribution in [2.24, 2.45) is 11.8 Å². The highest BCUT2D eigenvalue weighted by Gasteiger charge is 2.50. The van der Waals surface area contributed by atoms with Gasteiger partial charge in [-0.05, 0) is 6.42 Å². The van der Waals surface area contributed by atoms with Gasteiger partial charge in [0.2, 0.25) is 11.0 Å². The lowest BCUT2D eigenvalue weighted by molar-refractivity contribution is -0.313. The monoisotopic (exact) mass is 294 g/mol. The normalized spacial score (nSPS) is 30.6. The molecule has 1 amide bonds. The first kappa shape index (κ1) is 13.2. The fourth-order valence-corrected chi connectivity index (χ4v) is 3.22. The van der Waals surface area contributed by atoms with E-state index < -0.39 is 35.9 Å². The summed E-state index contributed by atoms with van der Waals surface area (Å²) >= 11 is 1.27. The minimum Gasteiger partial charge on any atom is -0.550 e. The number of rotatable bonds is 4. The minimum atomic E-state index is -1.27. The molecule has 4 unspecified atom stereocenters. The van der Waals surface area contributed by atoms with Crippen LogP contribution in [0.25, 0.3) is 0 Å². The Morgan fingerprint density at radius 3 is 2.65 bits per heavy atom. The Morgan fingerprint density at radius 1 is 1.35 bits per heavy atom. The van der Waals surface area contributed by atoms with Gasteiger partial charge < -0.3 is 20.0 Å². The summed E-state index contributed by atoms with van der Waals surface area (Å²) in [4.78, 5) is 23.4. The van der Waals surface area contributed by atoms with Crippen LogP contribution in [0.5, 0.6) is 0 Å². The van der Waals surface area contributed by atoms with Gasteiger partial charge in [0.1, 0.15) is 5.01 Å². The number of fused-ring (bicyclic) bond motifs is 2. The van der Waals surface area contributed by atoms with E-state index in [1.165, 1.54) is 11.3 Å². The molecule has 7 nitrogen and oxygen atoms in total. The van der Waals surface area contributed by atoms with Crippen molar-refractivity contribution in [1.29, 1.82) is 0 Å². The average Bonchev–Trinajstić information content (AvgIpc) is 3.12. The highest BCUT2D eigenvalue weighted by atomic mass is 32.1. The molecule has 2 aliphatic heterocycles. The van der Waals surface area contributed by atoms with E-state index in [9.17, 15) is 14.7 Å². The standard InChI is InChI=1S/C12H13N3O4S/c1-2-7-14-15-12(20-7)13-10(16)8-5-3-4-6(19-5)9(8)11(17)18/h3-6,8-9H,2H2,1H3,(H,17,18)(H,13,15,16)/p-1. The van der Waals surface area contributed by atoms with Gasteiger partial charge in [-0.1, -0.05) is 30.4 Å². The van der Waals surface area contributed by atoms with Crippen molar-refractivity contribution < 1.29 is 19.4 Å². The summed E-state index contributed by atoms with van der Waals surface area (Å²) in [5, 5.41) is 22.7. The molecular formula is C12H12N3O4S-. The van der Waals surface area contributed by atoms with E-state index in [0.29, 0.717) is 5.13 Å². The van der Waals surface area contributed by atoms with Gasteiger partial charge >= 0.3 is 0 Å². The van der Waals surface area contributed by atoms with Crippen molar-refractivity contribution in [3.8, 4) is 0 Å². The van der Waals surface area contributed by atoms with Gasteiger partial charge in [0.25, 0.3) is 0 Å². The maximum atomic E-state index is 12.2. The van der Waals surface area contributed by atoms with Crippen LogP contribution in [0.1, 0.15) is 11.9 Å². The number of aromatic nitrogens is 2. The second kappa shape index (κ2) is 4.95. The Balaban J connectivity index is 1.76. The Bertz CT molecular complexity index is 585. The number of carboxylic acid groups (broad SMARTS) is 1. The number of aryl methyl sites for hydroxylation is 1. The molecule has 1 aromatic rings. The molecular weight excluding hydrogens is 282 g/mol. The number of anilines is 1. The average molecular weight is 294 g/mol. The summed E-state index contributed by atoms with van der Waals surface area (Å²) in [5.41, 5.74) is 0. The zero-order chi connectivity index (χ0) is 14.3. The number of nitrogens with zero attached hydrogens (tertiary/aromatic N) is 2. The van der Waals surface area contributed by atoms with Gasteiger partial charge in [0, 0.05) is 11.9 Å². The molecule has 0 radical (unpaired) electrons.